The van der Waals surface area contributed by atoms with E-state index in [9.17, 15) is 4.57 Å². The second-order valence-electron chi connectivity index (χ2n) is 1.71. The molecule has 1 atom stereocenters. The summed E-state index contributed by atoms with van der Waals surface area (Å²) in [5.41, 5.74) is 0. The molecule has 0 saturated heterocycles. The zero-order valence-electron chi connectivity index (χ0n) is 5.63. The van der Waals surface area contributed by atoms with Crippen LogP contribution in [0.3, 0.4) is 0 Å². The first kappa shape index (κ1) is 7.51. The summed E-state index contributed by atoms with van der Waals surface area (Å²) in [6.45, 7) is 2.28. The van der Waals surface area contributed by atoms with Crippen molar-refractivity contribution in [1.82, 2.24) is 10.2 Å². The fourth-order valence-electron chi connectivity index (χ4n) is 0.577. The van der Waals surface area contributed by atoms with Crippen molar-refractivity contribution in [3.8, 4) is 0 Å². The third-order valence-electron chi connectivity index (χ3n) is 1.01. The van der Waals surface area contributed by atoms with E-state index in [1.54, 1.807) is 6.20 Å². The molecular weight excluding hydrogens is 151 g/mol. The monoisotopic (exact) mass is 160 g/mol. The molecule has 0 aliphatic rings. The summed E-state index contributed by atoms with van der Waals surface area (Å²) in [7, 11) is -2.02. The van der Waals surface area contributed by atoms with E-state index in [0.29, 0.717) is 11.9 Å². The molecule has 4 nitrogen and oxygen atoms in total. The highest BCUT2D eigenvalue weighted by Crippen LogP contribution is 2.19. The fraction of sp³-hybridized carbons (Fsp3) is 0.400. The molecule has 56 valence electrons. The van der Waals surface area contributed by atoms with E-state index >= 15 is 0 Å². The van der Waals surface area contributed by atoms with Gasteiger partial charge >= 0.3 is 0 Å². The summed E-state index contributed by atoms with van der Waals surface area (Å²) < 4.78 is 15.9. The molecule has 0 bridgehead atoms. The van der Waals surface area contributed by atoms with Gasteiger partial charge in [-0.1, -0.05) is 0 Å². The van der Waals surface area contributed by atoms with Gasteiger partial charge in [-0.3, -0.25) is 9.66 Å². The van der Waals surface area contributed by atoms with E-state index in [1.807, 2.05) is 6.92 Å². The molecule has 0 aliphatic heterocycles. The Hall–Kier alpha value is -0.600. The van der Waals surface area contributed by atoms with E-state index in [0.717, 1.165) is 0 Å². The van der Waals surface area contributed by atoms with Crippen LogP contribution in [0, 0.1) is 0 Å². The molecule has 1 heterocycles. The predicted octanol–water partition coefficient (Wildman–Crippen LogP) is 0.546. The summed E-state index contributed by atoms with van der Waals surface area (Å²) in [5, 5.41) is 6.86. The first-order chi connectivity index (χ1) is 4.84. The van der Waals surface area contributed by atoms with Crippen LogP contribution in [-0.2, 0) is 9.09 Å². The number of nitrogens with zero attached hydrogens (tertiary/aromatic N) is 1. The number of nitrogens with one attached hydrogen (secondary N) is 1. The minimum Gasteiger partial charge on any atom is -0.328 e. The summed E-state index contributed by atoms with van der Waals surface area (Å²) >= 11 is 0. The number of hydrogen-bond donors (Lipinski definition) is 1. The molecule has 0 aliphatic carbocycles. The van der Waals surface area contributed by atoms with Gasteiger partial charge in [-0.25, -0.2) is 0 Å². The lowest BCUT2D eigenvalue weighted by Crippen LogP contribution is -1.92. The molecule has 5 heteroatoms. The van der Waals surface area contributed by atoms with E-state index in [1.165, 1.54) is 6.20 Å². The Balaban J connectivity index is 2.59. The molecule has 0 spiro atoms. The zero-order chi connectivity index (χ0) is 7.40. The van der Waals surface area contributed by atoms with Gasteiger partial charge in [-0.15, -0.1) is 0 Å². The van der Waals surface area contributed by atoms with Gasteiger partial charge in [0, 0.05) is 6.20 Å². The summed E-state index contributed by atoms with van der Waals surface area (Å²) in [6, 6.07) is 0. The maximum atomic E-state index is 11.0. The summed E-state index contributed by atoms with van der Waals surface area (Å²) in [6.07, 6.45) is 3.09. The highest BCUT2D eigenvalue weighted by molar-refractivity contribution is 7.48. The highest BCUT2D eigenvalue weighted by atomic mass is 31.1. The number of aromatic amines is 1. The second kappa shape index (κ2) is 3.54. The van der Waals surface area contributed by atoms with Crippen LogP contribution in [-0.4, -0.2) is 16.8 Å². The topological polar surface area (TPSA) is 55.0 Å². The number of rotatable bonds is 3. The standard InChI is InChI=1S/C5H9N2O2P/c1-2-9-10(8)5-3-6-7-4-5/h3-4,10H,2H2,1H3,(H,6,7). The SMILES string of the molecule is CCO[PH](=O)c1cn[nH]c1. The van der Waals surface area contributed by atoms with Crippen LogP contribution in [0.5, 0.6) is 0 Å². The van der Waals surface area contributed by atoms with E-state index in [4.69, 9.17) is 4.52 Å². The van der Waals surface area contributed by atoms with E-state index in [2.05, 4.69) is 10.2 Å². The van der Waals surface area contributed by atoms with Gasteiger partial charge in [0.25, 0.3) is 0 Å². The molecule has 1 N–H and O–H groups in total. The van der Waals surface area contributed by atoms with Gasteiger partial charge in [0.15, 0.2) is 0 Å². The predicted molar refractivity (Wildman–Crippen MR) is 38.8 cm³/mol. The van der Waals surface area contributed by atoms with Crippen molar-refractivity contribution in [3.63, 3.8) is 0 Å². The average Bonchev–Trinajstić information content (AvgIpc) is 2.38. The molecule has 1 aromatic heterocycles. The molecule has 1 unspecified atom stereocenters. The highest BCUT2D eigenvalue weighted by Gasteiger charge is 2.01. The zero-order valence-corrected chi connectivity index (χ0v) is 6.63. The molecule has 10 heavy (non-hydrogen) atoms. The van der Waals surface area contributed by atoms with Gasteiger partial charge in [0.05, 0.1) is 18.1 Å². The van der Waals surface area contributed by atoms with Crippen LogP contribution < -0.4 is 5.30 Å². The van der Waals surface area contributed by atoms with Crippen LogP contribution >= 0.6 is 8.03 Å². The molecule has 0 aromatic carbocycles. The summed E-state index contributed by atoms with van der Waals surface area (Å²) in [5.74, 6) is 0. The lowest BCUT2D eigenvalue weighted by Gasteiger charge is -1.94. The Morgan fingerprint density at radius 1 is 1.90 bits per heavy atom. The van der Waals surface area contributed by atoms with Gasteiger partial charge < -0.3 is 4.52 Å². The van der Waals surface area contributed by atoms with Crippen molar-refractivity contribution in [2.45, 2.75) is 6.92 Å². The van der Waals surface area contributed by atoms with Crippen LogP contribution in [0.4, 0.5) is 0 Å². The third-order valence-corrected chi connectivity index (χ3v) is 2.31. The van der Waals surface area contributed by atoms with Gasteiger partial charge in [-0.2, -0.15) is 5.10 Å². The van der Waals surface area contributed by atoms with Crippen molar-refractivity contribution < 1.29 is 9.09 Å². The average molecular weight is 160 g/mol. The minimum atomic E-state index is -2.02. The molecule has 0 saturated carbocycles. The minimum absolute atomic E-state index is 0.475. The Morgan fingerprint density at radius 3 is 3.20 bits per heavy atom. The van der Waals surface area contributed by atoms with Crippen LogP contribution in [0.25, 0.3) is 0 Å². The maximum Gasteiger partial charge on any atom is 0.223 e. The Bertz CT molecular complexity index is 209. The van der Waals surface area contributed by atoms with Crippen molar-refractivity contribution in [3.05, 3.63) is 12.4 Å². The van der Waals surface area contributed by atoms with Crippen LogP contribution in [0.15, 0.2) is 12.4 Å². The Morgan fingerprint density at radius 2 is 2.70 bits per heavy atom. The molecule has 0 amide bonds. The maximum absolute atomic E-state index is 11.0. The lowest BCUT2D eigenvalue weighted by atomic mass is 10.7. The van der Waals surface area contributed by atoms with Crippen molar-refractivity contribution in [1.29, 1.82) is 0 Å². The molecule has 1 aromatic rings. The van der Waals surface area contributed by atoms with E-state index in [-0.39, 0.29) is 0 Å². The van der Waals surface area contributed by atoms with Crippen molar-refractivity contribution in [2.24, 2.45) is 0 Å². The normalized spacial score (nSPS) is 13.3. The third kappa shape index (κ3) is 1.69. The Labute approximate surface area is 59.5 Å². The smallest absolute Gasteiger partial charge is 0.223 e. The number of H-pyrrole nitrogens is 1. The number of hydrogen-bond acceptors (Lipinski definition) is 3. The first-order valence-corrected chi connectivity index (χ1v) is 4.32. The van der Waals surface area contributed by atoms with Crippen molar-refractivity contribution in [2.75, 3.05) is 6.61 Å². The Kier molecular flexibility index (Phi) is 2.66. The van der Waals surface area contributed by atoms with Gasteiger partial charge in [0.2, 0.25) is 8.03 Å². The van der Waals surface area contributed by atoms with Crippen molar-refractivity contribution >= 4 is 13.3 Å². The van der Waals surface area contributed by atoms with Gasteiger partial charge in [-0.05, 0) is 6.92 Å². The first-order valence-electron chi connectivity index (χ1n) is 3.00. The second-order valence-corrected chi connectivity index (χ2v) is 3.15. The van der Waals surface area contributed by atoms with Crippen LogP contribution in [0.2, 0.25) is 0 Å². The molecular formula is C5H9N2O2P. The molecule has 0 radical (unpaired) electrons. The van der Waals surface area contributed by atoms with Gasteiger partial charge in [0.1, 0.15) is 0 Å². The van der Waals surface area contributed by atoms with E-state index < -0.39 is 8.03 Å². The quantitative estimate of drug-likeness (QED) is 0.657. The lowest BCUT2D eigenvalue weighted by molar-refractivity contribution is 0.357. The molecule has 1 rings (SSSR count). The summed E-state index contributed by atoms with van der Waals surface area (Å²) in [4.78, 5) is 0. The largest absolute Gasteiger partial charge is 0.328 e. The fourth-order valence-corrected chi connectivity index (χ4v) is 1.36. The number of aromatic nitrogens is 2. The van der Waals surface area contributed by atoms with Crippen LogP contribution in [0.1, 0.15) is 6.92 Å². The molecule has 0 fully saturated rings.